The Morgan fingerprint density at radius 1 is 1.21 bits per heavy atom. The van der Waals surface area contributed by atoms with Crippen molar-refractivity contribution in [1.29, 1.82) is 0 Å². The van der Waals surface area contributed by atoms with E-state index in [0.29, 0.717) is 16.1 Å². The number of halogens is 2. The van der Waals surface area contributed by atoms with Gasteiger partial charge in [0.2, 0.25) is 0 Å². The van der Waals surface area contributed by atoms with Crippen molar-refractivity contribution >= 4 is 24.2 Å². The number of benzene rings is 2. The van der Waals surface area contributed by atoms with E-state index >= 15 is 0 Å². The van der Waals surface area contributed by atoms with E-state index in [1.165, 1.54) is 41.6 Å². The normalized spacial score (nSPS) is 15.0. The van der Waals surface area contributed by atoms with Crippen LogP contribution in [0, 0.1) is 5.82 Å². The number of rotatable bonds is 5. The van der Waals surface area contributed by atoms with Gasteiger partial charge in [0.15, 0.2) is 0 Å². The maximum atomic E-state index is 13.3. The first-order valence-electron chi connectivity index (χ1n) is 7.24. The topological polar surface area (TPSA) is 50.9 Å². The molecule has 0 radical (unpaired) electrons. The minimum atomic E-state index is -1.46. The van der Waals surface area contributed by atoms with Crippen molar-refractivity contribution in [3.8, 4) is 0 Å². The lowest BCUT2D eigenvalue weighted by atomic mass is 9.86. The van der Waals surface area contributed by atoms with E-state index in [-0.39, 0.29) is 12.4 Å². The molecular formula is C17H15ClFN3OS. The highest BCUT2D eigenvalue weighted by molar-refractivity contribution is 7.80. The van der Waals surface area contributed by atoms with Gasteiger partial charge in [-0.1, -0.05) is 41.9 Å². The number of hydrogen-bond donors (Lipinski definition) is 2. The van der Waals surface area contributed by atoms with Gasteiger partial charge in [-0.25, -0.2) is 14.1 Å². The van der Waals surface area contributed by atoms with Gasteiger partial charge in [0, 0.05) is 5.02 Å². The molecule has 0 bridgehead atoms. The summed E-state index contributed by atoms with van der Waals surface area (Å²) in [5.41, 5.74) is -0.274. The van der Waals surface area contributed by atoms with Gasteiger partial charge in [-0.05, 0) is 29.3 Å². The fraction of sp³-hybridized carbons (Fsp3) is 0.176. The molecule has 124 valence electrons. The second-order valence-corrected chi connectivity index (χ2v) is 6.37. The molecule has 0 fully saturated rings. The van der Waals surface area contributed by atoms with Gasteiger partial charge < -0.3 is 5.11 Å². The van der Waals surface area contributed by atoms with Crippen molar-refractivity contribution in [1.82, 2.24) is 14.8 Å². The maximum absolute atomic E-state index is 13.3. The molecule has 0 aliphatic heterocycles. The largest absolute Gasteiger partial charge is 0.382 e. The highest BCUT2D eigenvalue weighted by Gasteiger charge is 2.39. The van der Waals surface area contributed by atoms with Crippen LogP contribution in [-0.4, -0.2) is 19.9 Å². The molecule has 7 heteroatoms. The van der Waals surface area contributed by atoms with Gasteiger partial charge in [-0.3, -0.25) is 0 Å². The second kappa shape index (κ2) is 6.93. The Morgan fingerprint density at radius 3 is 2.54 bits per heavy atom. The van der Waals surface area contributed by atoms with Crippen molar-refractivity contribution in [2.24, 2.45) is 0 Å². The Hall–Kier alpha value is -1.89. The minimum absolute atomic E-state index is 0.0953. The van der Waals surface area contributed by atoms with Crippen molar-refractivity contribution in [2.45, 2.75) is 17.4 Å². The summed E-state index contributed by atoms with van der Waals surface area (Å²) >= 11 is 10.9. The van der Waals surface area contributed by atoms with Crippen LogP contribution in [0.25, 0.3) is 0 Å². The molecule has 1 N–H and O–H groups in total. The molecule has 2 aromatic carbocycles. The zero-order valence-corrected chi connectivity index (χ0v) is 14.2. The van der Waals surface area contributed by atoms with Gasteiger partial charge in [-0.2, -0.15) is 17.7 Å². The zero-order chi connectivity index (χ0) is 17.2. The van der Waals surface area contributed by atoms with Crippen molar-refractivity contribution in [3.05, 3.63) is 83.2 Å². The van der Waals surface area contributed by atoms with Gasteiger partial charge in [0.1, 0.15) is 24.1 Å². The van der Waals surface area contributed by atoms with E-state index in [1.54, 1.807) is 18.2 Å². The summed E-state index contributed by atoms with van der Waals surface area (Å²) in [6.45, 7) is 0.0953. The van der Waals surface area contributed by atoms with Crippen LogP contribution in [0.4, 0.5) is 4.39 Å². The summed E-state index contributed by atoms with van der Waals surface area (Å²) < 4.78 is 14.8. The fourth-order valence-corrected chi connectivity index (χ4v) is 3.37. The fourth-order valence-electron chi connectivity index (χ4n) is 2.59. The smallest absolute Gasteiger partial charge is 0.137 e. The van der Waals surface area contributed by atoms with E-state index in [2.05, 4.69) is 22.7 Å². The number of aromatic nitrogens is 3. The molecule has 1 heterocycles. The summed E-state index contributed by atoms with van der Waals surface area (Å²) in [7, 11) is 0. The molecule has 0 spiro atoms. The molecule has 2 atom stereocenters. The van der Waals surface area contributed by atoms with Crippen molar-refractivity contribution < 1.29 is 9.50 Å². The molecule has 1 aromatic heterocycles. The summed E-state index contributed by atoms with van der Waals surface area (Å²) in [4.78, 5) is 3.89. The average molecular weight is 364 g/mol. The van der Waals surface area contributed by atoms with Crippen molar-refractivity contribution in [2.75, 3.05) is 0 Å². The molecule has 2 unspecified atom stereocenters. The summed E-state index contributed by atoms with van der Waals surface area (Å²) in [5, 5.41) is 15.3. The summed E-state index contributed by atoms with van der Waals surface area (Å²) in [6, 6.07) is 12.8. The van der Waals surface area contributed by atoms with E-state index in [1.807, 2.05) is 6.07 Å². The molecule has 0 saturated carbocycles. The molecular weight excluding hydrogens is 349 g/mol. The summed E-state index contributed by atoms with van der Waals surface area (Å²) in [5.74, 6) is -0.379. The number of aliphatic hydroxyl groups is 1. The zero-order valence-electron chi connectivity index (χ0n) is 12.5. The number of hydrogen-bond acceptors (Lipinski definition) is 4. The third-order valence-corrected chi connectivity index (χ3v) is 4.92. The van der Waals surface area contributed by atoms with Crippen LogP contribution >= 0.6 is 24.2 Å². The van der Waals surface area contributed by atoms with Crippen LogP contribution in [0.3, 0.4) is 0 Å². The lowest BCUT2D eigenvalue weighted by molar-refractivity contribution is 0.0125. The first-order valence-corrected chi connectivity index (χ1v) is 8.13. The van der Waals surface area contributed by atoms with Crippen LogP contribution < -0.4 is 0 Å². The van der Waals surface area contributed by atoms with Crippen LogP contribution in [-0.2, 0) is 12.1 Å². The highest BCUT2D eigenvalue weighted by atomic mass is 35.5. The lowest BCUT2D eigenvalue weighted by Gasteiger charge is -2.34. The molecule has 0 amide bonds. The summed E-state index contributed by atoms with van der Waals surface area (Å²) in [6.07, 6.45) is 2.88. The lowest BCUT2D eigenvalue weighted by Crippen LogP contribution is -2.36. The monoisotopic (exact) mass is 363 g/mol. The van der Waals surface area contributed by atoms with E-state index in [4.69, 9.17) is 11.6 Å². The van der Waals surface area contributed by atoms with Gasteiger partial charge in [0.05, 0.1) is 11.8 Å². The molecule has 3 aromatic rings. The van der Waals surface area contributed by atoms with E-state index in [9.17, 15) is 9.50 Å². The second-order valence-electron chi connectivity index (χ2n) is 5.45. The van der Waals surface area contributed by atoms with E-state index in [0.717, 1.165) is 0 Å². The predicted octanol–water partition coefficient (Wildman–Crippen LogP) is 3.63. The Labute approximate surface area is 149 Å². The Kier molecular flexibility index (Phi) is 4.89. The standard InChI is InChI=1S/C17H15ClFN3OS/c18-15-4-2-1-3-14(15)16(24)17(23,9-22-11-20-10-21-22)12-5-7-13(19)8-6-12/h1-8,10-11,16,23-24H,9H2. The molecule has 3 rings (SSSR count). The van der Waals surface area contributed by atoms with Gasteiger partial charge in [0.25, 0.3) is 0 Å². The predicted molar refractivity (Wildman–Crippen MR) is 93.5 cm³/mol. The number of nitrogens with zero attached hydrogens (tertiary/aromatic N) is 3. The Morgan fingerprint density at radius 2 is 1.92 bits per heavy atom. The molecule has 0 aliphatic carbocycles. The minimum Gasteiger partial charge on any atom is -0.382 e. The average Bonchev–Trinajstić information content (AvgIpc) is 3.08. The first kappa shape index (κ1) is 17.0. The van der Waals surface area contributed by atoms with Crippen LogP contribution in [0.2, 0.25) is 5.02 Å². The first-order chi connectivity index (χ1) is 11.5. The van der Waals surface area contributed by atoms with Gasteiger partial charge >= 0.3 is 0 Å². The molecule has 0 saturated heterocycles. The molecule has 4 nitrogen and oxygen atoms in total. The SMILES string of the molecule is OC(Cn1cncn1)(c1ccc(F)cc1)C(S)c1ccccc1Cl. The number of thiol groups is 1. The Bertz CT molecular complexity index is 813. The van der Waals surface area contributed by atoms with Crippen molar-refractivity contribution in [3.63, 3.8) is 0 Å². The third-order valence-electron chi connectivity index (χ3n) is 3.87. The quantitative estimate of drug-likeness (QED) is 0.680. The maximum Gasteiger partial charge on any atom is 0.137 e. The highest BCUT2D eigenvalue weighted by Crippen LogP contribution is 2.43. The van der Waals surface area contributed by atoms with Crippen LogP contribution in [0.15, 0.2) is 61.2 Å². The third kappa shape index (κ3) is 3.31. The molecule has 24 heavy (non-hydrogen) atoms. The van der Waals surface area contributed by atoms with Gasteiger partial charge in [-0.15, -0.1) is 0 Å². The van der Waals surface area contributed by atoms with E-state index < -0.39 is 10.9 Å². The molecule has 0 aliphatic rings. The van der Waals surface area contributed by atoms with Crippen LogP contribution in [0.5, 0.6) is 0 Å². The van der Waals surface area contributed by atoms with Crippen LogP contribution in [0.1, 0.15) is 16.4 Å². The Balaban J connectivity index is 2.07.